The first-order valence-electron chi connectivity index (χ1n) is 12.8. The molecule has 0 saturated heterocycles. The van der Waals surface area contributed by atoms with E-state index in [0.29, 0.717) is 50.9 Å². The van der Waals surface area contributed by atoms with Gasteiger partial charge in [-0.15, -0.1) is 0 Å². The van der Waals surface area contributed by atoms with Crippen molar-refractivity contribution in [3.63, 3.8) is 0 Å². The summed E-state index contributed by atoms with van der Waals surface area (Å²) in [5.41, 5.74) is 1.86. The molecular weight excluding hydrogens is 525 g/mol. The maximum atomic E-state index is 14.8. The largest absolute Gasteiger partial charge is 0.357 e. The fourth-order valence-corrected chi connectivity index (χ4v) is 4.20. The van der Waals surface area contributed by atoms with E-state index in [2.05, 4.69) is 40.9 Å². The van der Waals surface area contributed by atoms with Crippen molar-refractivity contribution in [2.24, 2.45) is 7.05 Å². The summed E-state index contributed by atoms with van der Waals surface area (Å²) >= 11 is 0. The van der Waals surface area contributed by atoms with Crippen molar-refractivity contribution in [2.75, 3.05) is 23.0 Å². The van der Waals surface area contributed by atoms with Crippen LogP contribution in [0.4, 0.5) is 26.5 Å². The number of urea groups is 1. The van der Waals surface area contributed by atoms with Gasteiger partial charge in [0.1, 0.15) is 17.3 Å². The summed E-state index contributed by atoms with van der Waals surface area (Å²) < 4.78 is 16.2. The fourth-order valence-electron chi connectivity index (χ4n) is 4.20. The number of hydrogen-bond acceptors (Lipinski definition) is 8. The number of pyridine rings is 2. The van der Waals surface area contributed by atoms with E-state index >= 15 is 0 Å². The van der Waals surface area contributed by atoms with Crippen LogP contribution in [0.25, 0.3) is 33.4 Å². The highest BCUT2D eigenvalue weighted by Crippen LogP contribution is 2.29. The SMILES string of the molecule is CNc1ncc2cc(-c3ccc(F)c(NC(=O)Nc4cnc(C(C)(C)C)nc4-c4cccnc4)c3)c(=O)n(C)c2n1. The van der Waals surface area contributed by atoms with E-state index in [4.69, 9.17) is 0 Å². The molecule has 0 saturated carbocycles. The van der Waals surface area contributed by atoms with Crippen LogP contribution in [0.5, 0.6) is 0 Å². The summed E-state index contributed by atoms with van der Waals surface area (Å²) in [5.74, 6) is 0.297. The number of halogens is 1. The molecule has 11 nitrogen and oxygen atoms in total. The van der Waals surface area contributed by atoms with Crippen LogP contribution in [-0.2, 0) is 12.5 Å². The molecule has 3 N–H and O–H groups in total. The Balaban J connectivity index is 1.46. The number of carbonyl (C=O) groups is 1. The van der Waals surface area contributed by atoms with E-state index in [-0.39, 0.29) is 16.7 Å². The van der Waals surface area contributed by atoms with Crippen LogP contribution in [0.2, 0.25) is 0 Å². The highest BCUT2D eigenvalue weighted by atomic mass is 19.1. The van der Waals surface area contributed by atoms with Gasteiger partial charge in [-0.05, 0) is 35.9 Å². The summed E-state index contributed by atoms with van der Waals surface area (Å²) in [6, 6.07) is 8.59. The van der Waals surface area contributed by atoms with E-state index < -0.39 is 11.8 Å². The standard InChI is InChI=1S/C29H28FN9O2/c1-29(2,3)26-33-15-22(23(37-26)17-7-6-10-32-13-17)36-28(41)35-21-12-16(8-9-20(21)30)19-11-18-14-34-27(31-4)38-24(18)39(5)25(19)40/h6-15H,1-5H3,(H,31,34,38)(H2,35,36,41). The molecule has 1 aromatic carbocycles. The Labute approximate surface area is 235 Å². The molecule has 4 heterocycles. The zero-order chi connectivity index (χ0) is 29.3. The molecule has 41 heavy (non-hydrogen) atoms. The van der Waals surface area contributed by atoms with Gasteiger partial charge in [-0.1, -0.05) is 26.8 Å². The maximum absolute atomic E-state index is 14.8. The second kappa shape index (κ2) is 10.7. The van der Waals surface area contributed by atoms with Crippen molar-refractivity contribution >= 4 is 34.4 Å². The van der Waals surface area contributed by atoms with Gasteiger partial charge in [-0.2, -0.15) is 4.98 Å². The first kappa shape index (κ1) is 27.3. The smallest absolute Gasteiger partial charge is 0.323 e. The molecule has 0 bridgehead atoms. The molecule has 0 fully saturated rings. The van der Waals surface area contributed by atoms with Gasteiger partial charge >= 0.3 is 6.03 Å². The lowest BCUT2D eigenvalue weighted by Crippen LogP contribution is -2.23. The lowest BCUT2D eigenvalue weighted by atomic mass is 9.95. The Bertz CT molecular complexity index is 1830. The molecule has 0 aliphatic carbocycles. The minimum atomic E-state index is -0.710. The van der Waals surface area contributed by atoms with Crippen molar-refractivity contribution in [3.05, 3.63) is 83.2 Å². The Hall–Kier alpha value is -5.26. The maximum Gasteiger partial charge on any atom is 0.323 e. The molecule has 0 radical (unpaired) electrons. The summed E-state index contributed by atoms with van der Waals surface area (Å²) in [6.45, 7) is 5.96. The van der Waals surface area contributed by atoms with Gasteiger partial charge in [-0.3, -0.25) is 14.3 Å². The number of anilines is 3. The lowest BCUT2D eigenvalue weighted by molar-refractivity contribution is 0.262. The first-order chi connectivity index (χ1) is 19.5. The molecule has 2 amide bonds. The summed E-state index contributed by atoms with van der Waals surface area (Å²) in [6.07, 6.45) is 6.39. The van der Waals surface area contributed by atoms with E-state index in [9.17, 15) is 14.0 Å². The number of aromatic nitrogens is 6. The van der Waals surface area contributed by atoms with Gasteiger partial charge in [0.15, 0.2) is 0 Å². The zero-order valence-corrected chi connectivity index (χ0v) is 23.2. The Kier molecular flexibility index (Phi) is 7.14. The van der Waals surface area contributed by atoms with Crippen molar-refractivity contribution in [3.8, 4) is 22.4 Å². The first-order valence-corrected chi connectivity index (χ1v) is 12.8. The minimum Gasteiger partial charge on any atom is -0.357 e. The van der Waals surface area contributed by atoms with Crippen LogP contribution < -0.4 is 21.5 Å². The van der Waals surface area contributed by atoms with Crippen molar-refractivity contribution in [1.29, 1.82) is 0 Å². The van der Waals surface area contributed by atoms with Crippen LogP contribution in [-0.4, -0.2) is 42.6 Å². The van der Waals surface area contributed by atoms with Gasteiger partial charge < -0.3 is 16.0 Å². The third-order valence-corrected chi connectivity index (χ3v) is 6.34. The van der Waals surface area contributed by atoms with Crippen LogP contribution in [0, 0.1) is 5.82 Å². The van der Waals surface area contributed by atoms with Crippen molar-refractivity contribution < 1.29 is 9.18 Å². The van der Waals surface area contributed by atoms with Gasteiger partial charge in [0.25, 0.3) is 5.56 Å². The molecule has 5 aromatic rings. The molecule has 0 aliphatic heterocycles. The minimum absolute atomic E-state index is 0.112. The number of fused-ring (bicyclic) bond motifs is 1. The lowest BCUT2D eigenvalue weighted by Gasteiger charge is -2.19. The number of carbonyl (C=O) groups excluding carboxylic acids is 1. The second-order valence-corrected chi connectivity index (χ2v) is 10.4. The Morgan fingerprint density at radius 3 is 2.44 bits per heavy atom. The molecule has 5 rings (SSSR count). The molecular formula is C29H28FN9O2. The average Bonchev–Trinajstić information content (AvgIpc) is 2.96. The Morgan fingerprint density at radius 2 is 1.73 bits per heavy atom. The van der Waals surface area contributed by atoms with E-state index in [1.165, 1.54) is 29.0 Å². The number of amides is 2. The predicted molar refractivity (Wildman–Crippen MR) is 156 cm³/mol. The van der Waals surface area contributed by atoms with E-state index in [1.807, 2.05) is 26.8 Å². The molecule has 0 unspecified atom stereocenters. The fraction of sp³-hybridized carbons (Fsp3) is 0.207. The molecule has 12 heteroatoms. The second-order valence-electron chi connectivity index (χ2n) is 10.4. The van der Waals surface area contributed by atoms with Gasteiger partial charge in [0, 0.05) is 54.6 Å². The molecule has 4 aromatic heterocycles. The van der Waals surface area contributed by atoms with E-state index in [0.717, 1.165) is 0 Å². The number of nitrogens with zero attached hydrogens (tertiary/aromatic N) is 6. The highest BCUT2D eigenvalue weighted by molar-refractivity contribution is 6.02. The normalized spacial score (nSPS) is 11.4. The zero-order valence-electron chi connectivity index (χ0n) is 23.2. The third kappa shape index (κ3) is 5.57. The molecule has 0 aliphatic rings. The average molecular weight is 554 g/mol. The summed E-state index contributed by atoms with van der Waals surface area (Å²) in [7, 11) is 3.29. The summed E-state index contributed by atoms with van der Waals surface area (Å²) in [5, 5.41) is 8.73. The van der Waals surface area contributed by atoms with Crippen LogP contribution in [0.1, 0.15) is 26.6 Å². The van der Waals surface area contributed by atoms with E-state index in [1.54, 1.807) is 44.8 Å². The topological polar surface area (TPSA) is 140 Å². The Morgan fingerprint density at radius 1 is 0.951 bits per heavy atom. The monoisotopic (exact) mass is 553 g/mol. The number of nitrogens with one attached hydrogen (secondary N) is 3. The van der Waals surface area contributed by atoms with Gasteiger partial charge in [0.05, 0.1) is 23.3 Å². The molecule has 208 valence electrons. The van der Waals surface area contributed by atoms with Crippen LogP contribution in [0.3, 0.4) is 0 Å². The molecule has 0 spiro atoms. The quantitative estimate of drug-likeness (QED) is 0.277. The highest BCUT2D eigenvalue weighted by Gasteiger charge is 2.21. The van der Waals surface area contributed by atoms with Gasteiger partial charge in [-0.25, -0.2) is 24.1 Å². The van der Waals surface area contributed by atoms with Crippen LogP contribution in [0.15, 0.2) is 66.0 Å². The molecule has 0 atom stereocenters. The van der Waals surface area contributed by atoms with Crippen LogP contribution >= 0.6 is 0 Å². The van der Waals surface area contributed by atoms with Crippen molar-refractivity contribution in [1.82, 2.24) is 29.5 Å². The number of benzene rings is 1. The predicted octanol–water partition coefficient (Wildman–Crippen LogP) is 4.97. The number of rotatable bonds is 5. The van der Waals surface area contributed by atoms with Crippen molar-refractivity contribution in [2.45, 2.75) is 26.2 Å². The number of aryl methyl sites for hydroxylation is 1. The summed E-state index contributed by atoms with van der Waals surface area (Å²) in [4.78, 5) is 48.1. The third-order valence-electron chi connectivity index (χ3n) is 6.34. The number of hydrogen-bond donors (Lipinski definition) is 3. The van der Waals surface area contributed by atoms with Gasteiger partial charge in [0.2, 0.25) is 5.95 Å².